The van der Waals surface area contributed by atoms with Crippen molar-refractivity contribution < 1.29 is 0 Å². The summed E-state index contributed by atoms with van der Waals surface area (Å²) in [5, 5.41) is 0. The fourth-order valence-electron chi connectivity index (χ4n) is 1.14. The van der Waals surface area contributed by atoms with E-state index in [2.05, 4.69) is 20.8 Å². The van der Waals surface area contributed by atoms with Gasteiger partial charge in [0.25, 0.3) is 0 Å². The van der Waals surface area contributed by atoms with Crippen molar-refractivity contribution in [2.75, 3.05) is 0 Å². The molecule has 0 aliphatic heterocycles. The molecule has 0 saturated heterocycles. The summed E-state index contributed by atoms with van der Waals surface area (Å²) < 4.78 is 0. The van der Waals surface area contributed by atoms with Crippen LogP contribution in [0.5, 0.6) is 0 Å². The molecule has 41 valence electrons. The second kappa shape index (κ2) is 1.50. The minimum atomic E-state index is 0.690. The molecular weight excluding hydrogens is 84.1 g/mol. The Bertz CT molecular complexity index is 64.4. The molecule has 0 bridgehead atoms. The maximum atomic E-state index is 3.95. The molecule has 0 aromatic carbocycles. The first-order valence-corrected chi connectivity index (χ1v) is 3.05. The zero-order valence-electron chi connectivity index (χ0n) is 5.15. The van der Waals surface area contributed by atoms with Crippen LogP contribution in [0.25, 0.3) is 0 Å². The van der Waals surface area contributed by atoms with Gasteiger partial charge in [-0.2, -0.15) is 0 Å². The van der Waals surface area contributed by atoms with Gasteiger partial charge in [0.15, 0.2) is 0 Å². The van der Waals surface area contributed by atoms with E-state index in [4.69, 9.17) is 0 Å². The van der Waals surface area contributed by atoms with Crippen LogP contribution in [0, 0.1) is 24.7 Å². The van der Waals surface area contributed by atoms with Crippen LogP contribution in [-0.4, -0.2) is 0 Å². The van der Waals surface area contributed by atoms with E-state index in [-0.39, 0.29) is 0 Å². The summed E-state index contributed by atoms with van der Waals surface area (Å²) in [4.78, 5) is 0. The van der Waals surface area contributed by atoms with E-state index >= 15 is 0 Å². The third-order valence-electron chi connectivity index (χ3n) is 1.90. The van der Waals surface area contributed by atoms with Crippen LogP contribution in [0.15, 0.2) is 0 Å². The van der Waals surface area contributed by atoms with Crippen LogP contribution in [0.4, 0.5) is 0 Å². The summed E-state index contributed by atoms with van der Waals surface area (Å²) in [6.07, 6.45) is 1.42. The Labute approximate surface area is 45.9 Å². The molecule has 1 aliphatic carbocycles. The van der Waals surface area contributed by atoms with Crippen molar-refractivity contribution in [2.45, 2.75) is 20.3 Å². The number of rotatable bonds is 1. The number of hydrogen-bond donors (Lipinski definition) is 0. The molecule has 0 N–H and O–H groups in total. The monoisotopic (exact) mass is 97.1 g/mol. The highest BCUT2D eigenvalue weighted by Gasteiger charge is 2.34. The third-order valence-corrected chi connectivity index (χ3v) is 1.90. The molecule has 3 atom stereocenters. The molecule has 1 aliphatic rings. The molecule has 7 heavy (non-hydrogen) atoms. The normalized spacial score (nSPS) is 39.4. The maximum absolute atomic E-state index is 3.95. The van der Waals surface area contributed by atoms with Crippen LogP contribution in [0.3, 0.4) is 0 Å². The molecule has 0 heteroatoms. The summed E-state index contributed by atoms with van der Waals surface area (Å²) in [6, 6.07) is 0. The average molecular weight is 97.2 g/mol. The lowest BCUT2D eigenvalue weighted by atomic mass is 10.1. The van der Waals surface area contributed by atoms with Crippen LogP contribution >= 0.6 is 0 Å². The van der Waals surface area contributed by atoms with Gasteiger partial charge in [-0.1, -0.05) is 20.8 Å². The van der Waals surface area contributed by atoms with Crippen molar-refractivity contribution in [1.82, 2.24) is 0 Å². The van der Waals surface area contributed by atoms with E-state index in [9.17, 15) is 0 Å². The molecular formula is C7H13. The first-order chi connectivity index (χ1) is 3.22. The van der Waals surface area contributed by atoms with E-state index in [1.807, 2.05) is 0 Å². The van der Waals surface area contributed by atoms with Crippen LogP contribution in [0.2, 0.25) is 0 Å². The Morgan fingerprint density at radius 3 is 2.14 bits per heavy atom. The largest absolute Gasteiger partial charge is 0.0622 e. The number of hydrogen-bond acceptors (Lipinski definition) is 0. The molecule has 1 fully saturated rings. The van der Waals surface area contributed by atoms with E-state index in [0.29, 0.717) is 5.92 Å². The zero-order chi connectivity index (χ0) is 5.44. The summed E-state index contributed by atoms with van der Waals surface area (Å²) in [7, 11) is 0. The minimum Gasteiger partial charge on any atom is -0.0622 e. The van der Waals surface area contributed by atoms with Gasteiger partial charge in [-0.25, -0.2) is 0 Å². The quantitative estimate of drug-likeness (QED) is 0.470. The van der Waals surface area contributed by atoms with E-state index in [1.165, 1.54) is 6.42 Å². The molecule has 0 aromatic heterocycles. The predicted molar refractivity (Wildman–Crippen MR) is 31.8 cm³/mol. The van der Waals surface area contributed by atoms with Crippen LogP contribution in [-0.2, 0) is 0 Å². The topological polar surface area (TPSA) is 0 Å². The van der Waals surface area contributed by atoms with Crippen molar-refractivity contribution >= 4 is 0 Å². The first-order valence-electron chi connectivity index (χ1n) is 3.05. The van der Waals surface area contributed by atoms with Crippen molar-refractivity contribution in [1.29, 1.82) is 0 Å². The second-order valence-corrected chi connectivity index (χ2v) is 2.85. The summed E-state index contributed by atoms with van der Waals surface area (Å²) >= 11 is 0. The van der Waals surface area contributed by atoms with E-state index in [1.54, 1.807) is 0 Å². The zero-order valence-corrected chi connectivity index (χ0v) is 5.15. The van der Waals surface area contributed by atoms with Gasteiger partial charge in [0.2, 0.25) is 0 Å². The Balaban J connectivity index is 2.20. The maximum Gasteiger partial charge on any atom is -0.0360 e. The Morgan fingerprint density at radius 2 is 2.14 bits per heavy atom. The molecule has 3 unspecified atom stereocenters. The van der Waals surface area contributed by atoms with Crippen molar-refractivity contribution in [3.8, 4) is 0 Å². The SMILES string of the molecule is [CH2]C(C)C1CC1C. The van der Waals surface area contributed by atoms with Gasteiger partial charge in [0, 0.05) is 0 Å². The minimum absolute atomic E-state index is 0.690. The van der Waals surface area contributed by atoms with Gasteiger partial charge in [-0.15, -0.1) is 0 Å². The lowest BCUT2D eigenvalue weighted by Gasteiger charge is -1.96. The second-order valence-electron chi connectivity index (χ2n) is 2.85. The molecule has 0 aromatic rings. The first kappa shape index (κ1) is 5.14. The summed E-state index contributed by atoms with van der Waals surface area (Å²) in [5.74, 6) is 2.63. The molecule has 0 heterocycles. The van der Waals surface area contributed by atoms with Crippen molar-refractivity contribution in [3.63, 3.8) is 0 Å². The van der Waals surface area contributed by atoms with Gasteiger partial charge < -0.3 is 0 Å². The molecule has 0 nitrogen and oxygen atoms in total. The van der Waals surface area contributed by atoms with E-state index < -0.39 is 0 Å². The fourth-order valence-corrected chi connectivity index (χ4v) is 1.14. The van der Waals surface area contributed by atoms with Crippen molar-refractivity contribution in [2.24, 2.45) is 17.8 Å². The molecule has 1 saturated carbocycles. The summed E-state index contributed by atoms with van der Waals surface area (Å²) in [6.45, 7) is 8.45. The van der Waals surface area contributed by atoms with Gasteiger partial charge in [-0.3, -0.25) is 0 Å². The third kappa shape index (κ3) is 0.960. The average Bonchev–Trinajstić information content (AvgIpc) is 2.17. The molecule has 1 radical (unpaired) electrons. The fraction of sp³-hybridized carbons (Fsp3) is 0.857. The molecule has 1 rings (SSSR count). The van der Waals surface area contributed by atoms with Gasteiger partial charge >= 0.3 is 0 Å². The van der Waals surface area contributed by atoms with Gasteiger partial charge in [0.05, 0.1) is 0 Å². The molecule has 0 spiro atoms. The van der Waals surface area contributed by atoms with Crippen LogP contribution < -0.4 is 0 Å². The summed E-state index contributed by atoms with van der Waals surface area (Å²) in [5.41, 5.74) is 0. The highest BCUT2D eigenvalue weighted by molar-refractivity contribution is 4.86. The smallest absolute Gasteiger partial charge is 0.0360 e. The molecule has 0 amide bonds. The lowest BCUT2D eigenvalue weighted by molar-refractivity contribution is 0.583. The predicted octanol–water partition coefficient (Wildman–Crippen LogP) is 2.11. The van der Waals surface area contributed by atoms with Crippen molar-refractivity contribution in [3.05, 3.63) is 6.92 Å². The Hall–Kier alpha value is 0. The Morgan fingerprint density at radius 1 is 1.71 bits per heavy atom. The van der Waals surface area contributed by atoms with Gasteiger partial charge in [0.1, 0.15) is 0 Å². The lowest BCUT2D eigenvalue weighted by Crippen LogP contribution is -1.89. The van der Waals surface area contributed by atoms with E-state index in [0.717, 1.165) is 11.8 Å². The standard InChI is InChI=1S/C7H13/c1-5(2)7-4-6(7)3/h5-7H,1,4H2,2-3H3. The van der Waals surface area contributed by atoms with Gasteiger partial charge in [-0.05, 0) is 24.2 Å². The highest BCUT2D eigenvalue weighted by atomic mass is 14.4. The van der Waals surface area contributed by atoms with Crippen LogP contribution in [0.1, 0.15) is 20.3 Å². The Kier molecular flexibility index (Phi) is 1.10. The highest BCUT2D eigenvalue weighted by Crippen LogP contribution is 2.42.